The number of rotatable bonds is 5. The highest BCUT2D eigenvalue weighted by atomic mass is 35.5. The van der Waals surface area contributed by atoms with Crippen molar-refractivity contribution in [3.8, 4) is 11.8 Å². The van der Waals surface area contributed by atoms with Gasteiger partial charge in [-0.1, -0.05) is 34.9 Å². The van der Waals surface area contributed by atoms with Gasteiger partial charge in [0, 0.05) is 0 Å². The number of hydrogen-bond acceptors (Lipinski definition) is 2. The summed E-state index contributed by atoms with van der Waals surface area (Å²) in [5, 5.41) is 8.65. The first kappa shape index (κ1) is 14.6. The first-order chi connectivity index (χ1) is 8.61. The van der Waals surface area contributed by atoms with Crippen LogP contribution in [0.15, 0.2) is 46.5 Å². The molecule has 0 radical (unpaired) electrons. The molecule has 0 atom stereocenters. The van der Waals surface area contributed by atoms with Crippen LogP contribution in [0, 0.1) is 11.3 Å². The summed E-state index contributed by atoms with van der Waals surface area (Å²) in [6, 6.07) is 9.06. The molecule has 0 bridgehead atoms. The highest BCUT2D eigenvalue weighted by Gasteiger charge is 1.94. The third kappa shape index (κ3) is 5.77. The van der Waals surface area contributed by atoms with Crippen LogP contribution >= 0.6 is 23.2 Å². The standard InChI is InChI=1S/C14H13Cl2NO/c1-11(2-7-14(15)16)8-9-18-13-5-3-12(10-17)4-6-13/h3-8H,2,9H2,1H3. The van der Waals surface area contributed by atoms with Gasteiger partial charge < -0.3 is 4.74 Å². The Balaban J connectivity index is 2.43. The molecule has 1 aromatic carbocycles. The molecular weight excluding hydrogens is 269 g/mol. The molecule has 0 saturated carbocycles. The van der Waals surface area contributed by atoms with Gasteiger partial charge in [-0.05, 0) is 43.7 Å². The van der Waals surface area contributed by atoms with Crippen LogP contribution in [0.4, 0.5) is 0 Å². The first-order valence-corrected chi connectivity index (χ1v) is 6.17. The maximum atomic E-state index is 8.65. The second kappa shape index (κ2) is 7.81. The lowest BCUT2D eigenvalue weighted by Crippen LogP contribution is -1.94. The molecule has 94 valence electrons. The van der Waals surface area contributed by atoms with Crippen molar-refractivity contribution in [3.05, 3.63) is 52.0 Å². The van der Waals surface area contributed by atoms with Crippen molar-refractivity contribution in [2.24, 2.45) is 0 Å². The van der Waals surface area contributed by atoms with Gasteiger partial charge in [0.05, 0.1) is 11.6 Å². The Labute approximate surface area is 117 Å². The molecular formula is C14H13Cl2NO. The van der Waals surface area contributed by atoms with Gasteiger partial charge in [-0.25, -0.2) is 0 Å². The number of hydrogen-bond donors (Lipinski definition) is 0. The van der Waals surface area contributed by atoms with Crippen LogP contribution in [0.5, 0.6) is 5.75 Å². The van der Waals surface area contributed by atoms with Gasteiger partial charge >= 0.3 is 0 Å². The van der Waals surface area contributed by atoms with Crippen molar-refractivity contribution >= 4 is 23.2 Å². The van der Waals surface area contributed by atoms with Gasteiger partial charge in [-0.3, -0.25) is 0 Å². The topological polar surface area (TPSA) is 33.0 Å². The fourth-order valence-corrected chi connectivity index (χ4v) is 1.38. The molecule has 18 heavy (non-hydrogen) atoms. The quantitative estimate of drug-likeness (QED) is 0.740. The van der Waals surface area contributed by atoms with Gasteiger partial charge in [0.15, 0.2) is 0 Å². The van der Waals surface area contributed by atoms with E-state index in [0.29, 0.717) is 18.6 Å². The lowest BCUT2D eigenvalue weighted by molar-refractivity contribution is 0.362. The Hall–Kier alpha value is -1.43. The summed E-state index contributed by atoms with van der Waals surface area (Å²) in [7, 11) is 0. The van der Waals surface area contributed by atoms with Crippen LogP contribution in [-0.2, 0) is 0 Å². The second-order valence-electron chi connectivity index (χ2n) is 3.70. The number of allylic oxidation sites excluding steroid dienone is 2. The van der Waals surface area contributed by atoms with Gasteiger partial charge in [-0.2, -0.15) is 5.26 Å². The van der Waals surface area contributed by atoms with Crippen LogP contribution in [0.2, 0.25) is 0 Å². The first-order valence-electron chi connectivity index (χ1n) is 5.41. The van der Waals surface area contributed by atoms with Gasteiger partial charge in [-0.15, -0.1) is 0 Å². The van der Waals surface area contributed by atoms with Crippen LogP contribution < -0.4 is 4.74 Å². The fourth-order valence-electron chi connectivity index (χ4n) is 1.23. The minimum atomic E-state index is 0.274. The van der Waals surface area contributed by atoms with Crippen molar-refractivity contribution in [3.63, 3.8) is 0 Å². The molecule has 1 rings (SSSR count). The van der Waals surface area contributed by atoms with E-state index in [2.05, 4.69) is 6.07 Å². The summed E-state index contributed by atoms with van der Waals surface area (Å²) in [6.07, 6.45) is 4.40. The zero-order valence-electron chi connectivity index (χ0n) is 9.99. The Morgan fingerprint density at radius 1 is 1.28 bits per heavy atom. The van der Waals surface area contributed by atoms with E-state index in [0.717, 1.165) is 11.3 Å². The number of halogens is 2. The average molecular weight is 282 g/mol. The zero-order valence-corrected chi connectivity index (χ0v) is 11.5. The lowest BCUT2D eigenvalue weighted by atomic mass is 10.2. The van der Waals surface area contributed by atoms with E-state index in [1.54, 1.807) is 30.3 Å². The Morgan fingerprint density at radius 2 is 1.94 bits per heavy atom. The smallest absolute Gasteiger partial charge is 0.119 e. The van der Waals surface area contributed by atoms with E-state index < -0.39 is 0 Å². The SMILES string of the molecule is CC(=CCOc1ccc(C#N)cc1)CC=C(Cl)Cl. The molecule has 0 spiro atoms. The minimum Gasteiger partial charge on any atom is -0.490 e. The molecule has 0 unspecified atom stereocenters. The summed E-state index contributed by atoms with van der Waals surface area (Å²) in [5.74, 6) is 0.740. The van der Waals surface area contributed by atoms with Crippen molar-refractivity contribution in [2.75, 3.05) is 6.61 Å². The third-order valence-corrected chi connectivity index (χ3v) is 2.55. The largest absolute Gasteiger partial charge is 0.490 e. The summed E-state index contributed by atoms with van der Waals surface area (Å²) in [5.41, 5.74) is 1.75. The molecule has 0 heterocycles. The van der Waals surface area contributed by atoms with E-state index in [9.17, 15) is 0 Å². The van der Waals surface area contributed by atoms with Crippen LogP contribution in [-0.4, -0.2) is 6.61 Å². The Morgan fingerprint density at radius 3 is 2.50 bits per heavy atom. The van der Waals surface area contributed by atoms with E-state index in [-0.39, 0.29) is 4.49 Å². The van der Waals surface area contributed by atoms with Crippen molar-refractivity contribution < 1.29 is 4.74 Å². The monoisotopic (exact) mass is 281 g/mol. The summed E-state index contributed by atoms with van der Waals surface area (Å²) in [6.45, 7) is 2.46. The fraction of sp³-hybridized carbons (Fsp3) is 0.214. The molecule has 0 aliphatic rings. The van der Waals surface area contributed by atoms with Gasteiger partial charge in [0.1, 0.15) is 16.8 Å². The molecule has 4 heteroatoms. The maximum Gasteiger partial charge on any atom is 0.119 e. The van der Waals surface area contributed by atoms with Gasteiger partial charge in [0.2, 0.25) is 0 Å². The van der Waals surface area contributed by atoms with E-state index in [4.69, 9.17) is 33.2 Å². The molecule has 0 aliphatic heterocycles. The molecule has 0 fully saturated rings. The van der Waals surface area contributed by atoms with Crippen LogP contribution in [0.3, 0.4) is 0 Å². The minimum absolute atomic E-state index is 0.274. The van der Waals surface area contributed by atoms with E-state index >= 15 is 0 Å². The normalized spacial score (nSPS) is 10.7. The predicted molar refractivity (Wildman–Crippen MR) is 74.8 cm³/mol. The average Bonchev–Trinajstić information content (AvgIpc) is 2.37. The zero-order chi connectivity index (χ0) is 13.4. The summed E-state index contributed by atoms with van der Waals surface area (Å²) >= 11 is 11.0. The van der Waals surface area contributed by atoms with Crippen molar-refractivity contribution in [2.45, 2.75) is 13.3 Å². The molecule has 0 aliphatic carbocycles. The van der Waals surface area contributed by atoms with E-state index in [1.807, 2.05) is 13.0 Å². The molecule has 1 aromatic rings. The molecule has 2 nitrogen and oxygen atoms in total. The van der Waals surface area contributed by atoms with Crippen LogP contribution in [0.25, 0.3) is 0 Å². The third-order valence-electron chi connectivity index (χ3n) is 2.24. The molecule has 0 aromatic heterocycles. The molecule has 0 N–H and O–H groups in total. The van der Waals surface area contributed by atoms with Crippen molar-refractivity contribution in [1.29, 1.82) is 5.26 Å². The molecule has 0 saturated heterocycles. The lowest BCUT2D eigenvalue weighted by Gasteiger charge is -2.03. The summed E-state index contributed by atoms with van der Waals surface area (Å²) in [4.78, 5) is 0. The summed E-state index contributed by atoms with van der Waals surface area (Å²) < 4.78 is 5.78. The number of nitriles is 1. The molecule has 0 amide bonds. The van der Waals surface area contributed by atoms with Gasteiger partial charge in [0.25, 0.3) is 0 Å². The van der Waals surface area contributed by atoms with Crippen molar-refractivity contribution in [1.82, 2.24) is 0 Å². The Kier molecular flexibility index (Phi) is 6.35. The second-order valence-corrected chi connectivity index (χ2v) is 4.70. The predicted octanol–water partition coefficient (Wildman–Crippen LogP) is 4.59. The highest BCUT2D eigenvalue weighted by Crippen LogP contribution is 2.13. The Bertz CT molecular complexity index is 480. The van der Waals surface area contributed by atoms with E-state index in [1.165, 1.54) is 0 Å². The highest BCUT2D eigenvalue weighted by molar-refractivity contribution is 6.55. The number of ether oxygens (including phenoxy) is 1. The number of benzene rings is 1. The maximum absolute atomic E-state index is 8.65. The number of nitrogens with zero attached hydrogens (tertiary/aromatic N) is 1. The van der Waals surface area contributed by atoms with Crippen LogP contribution in [0.1, 0.15) is 18.9 Å².